The van der Waals surface area contributed by atoms with Crippen molar-refractivity contribution in [1.29, 1.82) is 0 Å². The van der Waals surface area contributed by atoms with Crippen LogP contribution in [0.5, 0.6) is 0 Å². The van der Waals surface area contributed by atoms with Crippen molar-refractivity contribution in [3.63, 3.8) is 0 Å². The molecule has 1 fully saturated rings. The summed E-state index contributed by atoms with van der Waals surface area (Å²) in [4.78, 5) is 0. The Morgan fingerprint density at radius 2 is 2.10 bits per heavy atom. The molecule has 4 heteroatoms. The summed E-state index contributed by atoms with van der Waals surface area (Å²) < 4.78 is 18.9. The third-order valence-corrected chi connectivity index (χ3v) is 4.21. The maximum Gasteiger partial charge on any atom is 0.134 e. The lowest BCUT2D eigenvalue weighted by molar-refractivity contribution is 0.206. The number of benzene rings is 1. The third-order valence-electron chi connectivity index (χ3n) is 4.21. The minimum Gasteiger partial charge on any atom is -0.460 e. The quantitative estimate of drug-likeness (QED) is 0.858. The van der Waals surface area contributed by atoms with Crippen LogP contribution in [0.25, 0.3) is 11.3 Å². The van der Waals surface area contributed by atoms with Gasteiger partial charge in [0, 0.05) is 24.1 Å². The molecule has 1 aromatic carbocycles. The molecule has 1 saturated carbocycles. The minimum atomic E-state index is -0.233. The smallest absolute Gasteiger partial charge is 0.134 e. The van der Waals surface area contributed by atoms with Gasteiger partial charge in [-0.15, -0.1) is 0 Å². The third kappa shape index (κ3) is 3.17. The van der Waals surface area contributed by atoms with Crippen LogP contribution in [0.15, 0.2) is 34.7 Å². The second-order valence-corrected chi connectivity index (χ2v) is 5.99. The van der Waals surface area contributed by atoms with Crippen LogP contribution in [0.2, 0.25) is 0 Å². The van der Waals surface area contributed by atoms with E-state index < -0.39 is 0 Å². The van der Waals surface area contributed by atoms with Gasteiger partial charge in [0.25, 0.3) is 0 Å². The van der Waals surface area contributed by atoms with E-state index in [0.29, 0.717) is 6.54 Å². The predicted octanol–water partition coefficient (Wildman–Crippen LogP) is 3.26. The van der Waals surface area contributed by atoms with Crippen LogP contribution in [-0.2, 0) is 6.54 Å². The molecule has 1 aromatic heterocycles. The Labute approximate surface area is 123 Å². The van der Waals surface area contributed by atoms with Crippen LogP contribution in [0, 0.1) is 18.2 Å². The Hall–Kier alpha value is -1.65. The van der Waals surface area contributed by atoms with Crippen molar-refractivity contribution < 1.29 is 13.9 Å². The topological polar surface area (TPSA) is 45.4 Å². The van der Waals surface area contributed by atoms with Crippen molar-refractivity contribution in [3.8, 4) is 11.3 Å². The summed E-state index contributed by atoms with van der Waals surface area (Å²) in [6, 6.07) is 8.54. The Bertz CT molecular complexity index is 631. The molecule has 0 saturated heterocycles. The van der Waals surface area contributed by atoms with E-state index in [1.165, 1.54) is 12.1 Å². The van der Waals surface area contributed by atoms with Crippen molar-refractivity contribution in [3.05, 3.63) is 47.5 Å². The van der Waals surface area contributed by atoms with Gasteiger partial charge in [-0.3, -0.25) is 0 Å². The van der Waals surface area contributed by atoms with E-state index in [9.17, 15) is 9.50 Å². The normalized spacial score (nSPS) is 16.1. The number of furan rings is 1. The van der Waals surface area contributed by atoms with Crippen LogP contribution in [-0.4, -0.2) is 18.3 Å². The first-order valence-electron chi connectivity index (χ1n) is 7.29. The zero-order valence-corrected chi connectivity index (χ0v) is 12.2. The summed E-state index contributed by atoms with van der Waals surface area (Å²) in [5, 5.41) is 12.6. The van der Waals surface area contributed by atoms with E-state index in [4.69, 9.17) is 4.42 Å². The molecule has 0 spiro atoms. The van der Waals surface area contributed by atoms with E-state index in [2.05, 4.69) is 5.32 Å². The fourth-order valence-corrected chi connectivity index (χ4v) is 2.54. The first kappa shape index (κ1) is 14.3. The lowest BCUT2D eigenvalue weighted by Crippen LogP contribution is -2.25. The second-order valence-electron chi connectivity index (χ2n) is 5.99. The van der Waals surface area contributed by atoms with Crippen LogP contribution in [0.3, 0.4) is 0 Å². The average Bonchev–Trinajstić information content (AvgIpc) is 3.09. The van der Waals surface area contributed by atoms with Gasteiger partial charge in [0.1, 0.15) is 17.3 Å². The number of nitrogens with one attached hydrogen (secondary N) is 1. The first-order chi connectivity index (χ1) is 10.1. The van der Waals surface area contributed by atoms with Crippen LogP contribution in [0.1, 0.15) is 24.2 Å². The van der Waals surface area contributed by atoms with Crippen LogP contribution >= 0.6 is 0 Å². The van der Waals surface area contributed by atoms with Crippen molar-refractivity contribution >= 4 is 0 Å². The largest absolute Gasteiger partial charge is 0.460 e. The molecule has 1 aliphatic rings. The molecule has 0 amide bonds. The molecule has 0 bridgehead atoms. The van der Waals surface area contributed by atoms with Crippen LogP contribution < -0.4 is 5.32 Å². The molecule has 0 radical (unpaired) electrons. The Balaban J connectivity index is 1.63. The summed E-state index contributed by atoms with van der Waals surface area (Å²) in [6.07, 6.45) is 2.18. The van der Waals surface area contributed by atoms with Gasteiger partial charge in [-0.2, -0.15) is 0 Å². The molecule has 1 heterocycles. The molecule has 2 aromatic rings. The fraction of sp³-hybridized carbons (Fsp3) is 0.412. The van der Waals surface area contributed by atoms with Crippen molar-refractivity contribution in [2.24, 2.45) is 5.41 Å². The molecule has 0 unspecified atom stereocenters. The molecule has 3 rings (SSSR count). The van der Waals surface area contributed by atoms with Gasteiger partial charge < -0.3 is 14.8 Å². The molecule has 0 atom stereocenters. The highest BCUT2D eigenvalue weighted by Gasteiger charge is 2.41. The number of rotatable bonds is 6. The number of halogens is 1. The van der Waals surface area contributed by atoms with E-state index in [1.807, 2.05) is 19.1 Å². The number of aryl methyl sites for hydroxylation is 1. The highest BCUT2D eigenvalue weighted by atomic mass is 19.1. The lowest BCUT2D eigenvalue weighted by atomic mass is 10.1. The lowest BCUT2D eigenvalue weighted by Gasteiger charge is -2.11. The summed E-state index contributed by atoms with van der Waals surface area (Å²) >= 11 is 0. The van der Waals surface area contributed by atoms with Crippen molar-refractivity contribution in [2.75, 3.05) is 13.2 Å². The number of hydrogen-bond donors (Lipinski definition) is 2. The maximum absolute atomic E-state index is 13.1. The SMILES string of the molecule is Cc1cc(F)ccc1-c1ccc(CNCC2(CO)CC2)o1. The monoisotopic (exact) mass is 289 g/mol. The Kier molecular flexibility index (Phi) is 3.83. The zero-order chi connectivity index (χ0) is 14.9. The van der Waals surface area contributed by atoms with E-state index >= 15 is 0 Å². The second kappa shape index (κ2) is 5.62. The first-order valence-corrected chi connectivity index (χ1v) is 7.29. The molecule has 0 aliphatic heterocycles. The Morgan fingerprint density at radius 3 is 2.76 bits per heavy atom. The standard InChI is InChI=1S/C17H20FNO2/c1-12-8-13(18)2-4-15(12)16-5-3-14(21-16)9-19-10-17(11-20)6-7-17/h2-5,8,19-20H,6-7,9-11H2,1H3. The molecule has 21 heavy (non-hydrogen) atoms. The molecule has 3 nitrogen and oxygen atoms in total. The zero-order valence-electron chi connectivity index (χ0n) is 12.2. The highest BCUT2D eigenvalue weighted by Crippen LogP contribution is 2.44. The van der Waals surface area contributed by atoms with Crippen LogP contribution in [0.4, 0.5) is 4.39 Å². The molecule has 1 aliphatic carbocycles. The van der Waals surface area contributed by atoms with Gasteiger partial charge in [0.05, 0.1) is 6.54 Å². The predicted molar refractivity (Wildman–Crippen MR) is 79.3 cm³/mol. The summed E-state index contributed by atoms with van der Waals surface area (Å²) in [7, 11) is 0. The number of aliphatic hydroxyl groups is 1. The van der Waals surface area contributed by atoms with Gasteiger partial charge in [0.15, 0.2) is 0 Å². The number of hydrogen-bond acceptors (Lipinski definition) is 3. The van der Waals surface area contributed by atoms with Crippen molar-refractivity contribution in [2.45, 2.75) is 26.3 Å². The van der Waals surface area contributed by atoms with E-state index in [1.54, 1.807) is 6.07 Å². The summed E-state index contributed by atoms with van der Waals surface area (Å²) in [5.41, 5.74) is 1.88. The Morgan fingerprint density at radius 1 is 1.29 bits per heavy atom. The van der Waals surface area contributed by atoms with Gasteiger partial charge in [0.2, 0.25) is 0 Å². The minimum absolute atomic E-state index is 0.100. The molecule has 2 N–H and O–H groups in total. The average molecular weight is 289 g/mol. The van der Waals surface area contributed by atoms with Gasteiger partial charge >= 0.3 is 0 Å². The van der Waals surface area contributed by atoms with E-state index in [-0.39, 0.29) is 17.8 Å². The van der Waals surface area contributed by atoms with Gasteiger partial charge in [-0.25, -0.2) is 4.39 Å². The molecular weight excluding hydrogens is 269 g/mol. The fourth-order valence-electron chi connectivity index (χ4n) is 2.54. The van der Waals surface area contributed by atoms with Crippen molar-refractivity contribution in [1.82, 2.24) is 5.32 Å². The highest BCUT2D eigenvalue weighted by molar-refractivity contribution is 5.62. The summed E-state index contributed by atoms with van der Waals surface area (Å²) in [6.45, 7) is 3.58. The van der Waals surface area contributed by atoms with Gasteiger partial charge in [-0.1, -0.05) is 0 Å². The number of aliphatic hydroxyl groups excluding tert-OH is 1. The summed E-state index contributed by atoms with van der Waals surface area (Å²) in [5.74, 6) is 1.37. The van der Waals surface area contributed by atoms with Gasteiger partial charge in [-0.05, 0) is 55.7 Å². The van der Waals surface area contributed by atoms with E-state index in [0.717, 1.165) is 42.0 Å². The molecule has 112 valence electrons. The molecular formula is C17H20FNO2. The maximum atomic E-state index is 13.1.